The van der Waals surface area contributed by atoms with Crippen LogP contribution >= 0.6 is 0 Å². The van der Waals surface area contributed by atoms with Crippen molar-refractivity contribution in [1.82, 2.24) is 4.90 Å². The van der Waals surface area contributed by atoms with Gasteiger partial charge in [-0.2, -0.15) is 0 Å². The number of hydrogen-bond donors (Lipinski definition) is 1. The summed E-state index contributed by atoms with van der Waals surface area (Å²) in [6.45, 7) is 0.242. The summed E-state index contributed by atoms with van der Waals surface area (Å²) >= 11 is 0. The number of nitrogens with zero attached hydrogens (tertiary/aromatic N) is 2. The molecule has 0 radical (unpaired) electrons. The zero-order valence-electron chi connectivity index (χ0n) is 7.90. The molecule has 1 aromatic carbocycles. The monoisotopic (exact) mass is 189 g/mol. The third-order valence-electron chi connectivity index (χ3n) is 2.09. The van der Waals surface area contributed by atoms with Crippen molar-refractivity contribution in [2.24, 2.45) is 4.99 Å². The van der Waals surface area contributed by atoms with Crippen LogP contribution in [-0.4, -0.2) is 30.4 Å². The van der Waals surface area contributed by atoms with Gasteiger partial charge in [0, 0.05) is 12.7 Å². The minimum absolute atomic E-state index is 0.0171. The zero-order valence-corrected chi connectivity index (χ0v) is 7.90. The van der Waals surface area contributed by atoms with Crippen LogP contribution in [0, 0.1) is 0 Å². The van der Waals surface area contributed by atoms with Crippen LogP contribution < -0.4 is 5.32 Å². The Morgan fingerprint density at radius 2 is 2.07 bits per heavy atom. The van der Waals surface area contributed by atoms with Crippen LogP contribution in [0.4, 0.5) is 5.69 Å². The van der Waals surface area contributed by atoms with Gasteiger partial charge in [0.15, 0.2) is 0 Å². The first kappa shape index (κ1) is 8.74. The van der Waals surface area contributed by atoms with Gasteiger partial charge in [0.2, 0.25) is 5.96 Å². The maximum Gasteiger partial charge on any atom is 0.250 e. The van der Waals surface area contributed by atoms with Crippen LogP contribution in [0.1, 0.15) is 0 Å². The van der Waals surface area contributed by atoms with Gasteiger partial charge >= 0.3 is 0 Å². The van der Waals surface area contributed by atoms with Crippen LogP contribution in [0.5, 0.6) is 0 Å². The highest BCUT2D eigenvalue weighted by atomic mass is 16.2. The lowest BCUT2D eigenvalue weighted by Gasteiger charge is -2.13. The van der Waals surface area contributed by atoms with Gasteiger partial charge in [0.25, 0.3) is 5.91 Å². The van der Waals surface area contributed by atoms with Crippen LogP contribution in [-0.2, 0) is 4.79 Å². The Hall–Kier alpha value is -1.84. The molecule has 0 fully saturated rings. The van der Waals surface area contributed by atoms with E-state index in [0.717, 1.165) is 5.69 Å². The summed E-state index contributed by atoms with van der Waals surface area (Å²) in [6.07, 6.45) is 0. The fourth-order valence-electron chi connectivity index (χ4n) is 1.25. The summed E-state index contributed by atoms with van der Waals surface area (Å²) in [4.78, 5) is 16.7. The minimum Gasteiger partial charge on any atom is -0.326 e. The Bertz CT molecular complexity index is 372. The smallest absolute Gasteiger partial charge is 0.250 e. The van der Waals surface area contributed by atoms with E-state index >= 15 is 0 Å². The number of amides is 1. The van der Waals surface area contributed by atoms with Crippen molar-refractivity contribution in [3.8, 4) is 0 Å². The molecule has 14 heavy (non-hydrogen) atoms. The second kappa shape index (κ2) is 3.49. The highest BCUT2D eigenvalue weighted by Gasteiger charge is 2.20. The first-order valence-corrected chi connectivity index (χ1v) is 4.40. The molecule has 4 nitrogen and oxygen atoms in total. The van der Waals surface area contributed by atoms with E-state index in [0.29, 0.717) is 5.96 Å². The lowest BCUT2D eigenvalue weighted by atomic mass is 10.3. The molecule has 1 amide bonds. The number of likely N-dealkylation sites (N-methyl/N-ethyl adjacent to an activating group) is 1. The molecule has 4 heteroatoms. The summed E-state index contributed by atoms with van der Waals surface area (Å²) in [7, 11) is 1.71. The molecular formula is C10H11N3O. The lowest BCUT2D eigenvalue weighted by Crippen LogP contribution is -2.32. The van der Waals surface area contributed by atoms with E-state index in [4.69, 9.17) is 0 Å². The van der Waals surface area contributed by atoms with Crippen LogP contribution in [0.25, 0.3) is 0 Å². The Balaban J connectivity index is 2.10. The molecule has 0 atom stereocenters. The number of benzene rings is 1. The molecule has 1 aliphatic rings. The van der Waals surface area contributed by atoms with Crippen molar-refractivity contribution in [1.29, 1.82) is 0 Å². The third-order valence-corrected chi connectivity index (χ3v) is 2.09. The van der Waals surface area contributed by atoms with Crippen LogP contribution in [0.3, 0.4) is 0 Å². The topological polar surface area (TPSA) is 44.7 Å². The molecule has 0 unspecified atom stereocenters. The van der Waals surface area contributed by atoms with Crippen molar-refractivity contribution in [3.63, 3.8) is 0 Å². The number of anilines is 1. The second-order valence-electron chi connectivity index (χ2n) is 3.08. The van der Waals surface area contributed by atoms with Crippen LogP contribution in [0.15, 0.2) is 35.3 Å². The number of para-hydroxylation sites is 1. The van der Waals surface area contributed by atoms with Gasteiger partial charge in [0.1, 0.15) is 6.54 Å². The van der Waals surface area contributed by atoms with Gasteiger partial charge in [-0.1, -0.05) is 18.2 Å². The SMILES string of the molecule is CN1C(=O)CN=C1Nc1ccccc1. The summed E-state index contributed by atoms with van der Waals surface area (Å²) in [6, 6.07) is 9.66. The number of carbonyl (C=O) groups excluding carboxylic acids is 1. The quantitative estimate of drug-likeness (QED) is 0.714. The largest absolute Gasteiger partial charge is 0.326 e. The Kier molecular flexibility index (Phi) is 2.18. The summed E-state index contributed by atoms with van der Waals surface area (Å²) < 4.78 is 0. The van der Waals surface area contributed by atoms with Crippen LogP contribution in [0.2, 0.25) is 0 Å². The molecular weight excluding hydrogens is 178 g/mol. The molecule has 0 aromatic heterocycles. The van der Waals surface area contributed by atoms with Crippen molar-refractivity contribution < 1.29 is 4.79 Å². The highest BCUT2D eigenvalue weighted by Crippen LogP contribution is 2.08. The van der Waals surface area contributed by atoms with Gasteiger partial charge in [-0.25, -0.2) is 4.99 Å². The standard InChI is InChI=1S/C10H11N3O/c1-13-9(14)7-11-10(13)12-8-5-3-2-4-6-8/h2-6H,7H2,1H3,(H,11,12). The Morgan fingerprint density at radius 1 is 1.36 bits per heavy atom. The fraction of sp³-hybridized carbons (Fsp3) is 0.200. The van der Waals surface area contributed by atoms with Gasteiger partial charge in [-0.05, 0) is 12.1 Å². The zero-order chi connectivity index (χ0) is 9.97. The highest BCUT2D eigenvalue weighted by molar-refractivity contribution is 6.08. The van der Waals surface area contributed by atoms with Crippen molar-refractivity contribution in [2.75, 3.05) is 18.9 Å². The average molecular weight is 189 g/mol. The molecule has 1 aliphatic heterocycles. The number of rotatable bonds is 1. The molecule has 0 saturated heterocycles. The van der Waals surface area contributed by atoms with Gasteiger partial charge < -0.3 is 5.32 Å². The maximum atomic E-state index is 11.1. The first-order valence-electron chi connectivity index (χ1n) is 4.40. The van der Waals surface area contributed by atoms with Crippen molar-refractivity contribution in [2.45, 2.75) is 0 Å². The van der Waals surface area contributed by atoms with E-state index in [9.17, 15) is 4.79 Å². The number of guanidine groups is 1. The normalized spacial score (nSPS) is 15.6. The molecule has 2 rings (SSSR count). The van der Waals surface area contributed by atoms with E-state index in [2.05, 4.69) is 10.3 Å². The van der Waals surface area contributed by atoms with Crippen molar-refractivity contribution in [3.05, 3.63) is 30.3 Å². The summed E-state index contributed by atoms with van der Waals surface area (Å²) in [5, 5.41) is 3.08. The van der Waals surface area contributed by atoms with Gasteiger partial charge in [-0.3, -0.25) is 9.69 Å². The van der Waals surface area contributed by atoms with Crippen molar-refractivity contribution >= 4 is 17.6 Å². The average Bonchev–Trinajstić information content (AvgIpc) is 2.52. The molecule has 1 heterocycles. The van der Waals surface area contributed by atoms with E-state index < -0.39 is 0 Å². The number of carbonyl (C=O) groups is 1. The molecule has 0 saturated carbocycles. The predicted octanol–water partition coefficient (Wildman–Crippen LogP) is 0.926. The van der Waals surface area contributed by atoms with Gasteiger partial charge in [-0.15, -0.1) is 0 Å². The molecule has 0 aliphatic carbocycles. The fourth-order valence-corrected chi connectivity index (χ4v) is 1.25. The first-order chi connectivity index (χ1) is 6.77. The number of hydrogen-bond acceptors (Lipinski definition) is 3. The molecule has 1 aromatic rings. The minimum atomic E-state index is 0.0171. The second-order valence-corrected chi connectivity index (χ2v) is 3.08. The summed E-state index contributed by atoms with van der Waals surface area (Å²) in [5.41, 5.74) is 0.938. The molecule has 0 bridgehead atoms. The lowest BCUT2D eigenvalue weighted by molar-refractivity contribution is -0.123. The number of aliphatic imine (C=N–C) groups is 1. The Labute approximate surface area is 82.3 Å². The number of nitrogens with one attached hydrogen (secondary N) is 1. The van der Waals surface area contributed by atoms with Gasteiger partial charge in [0.05, 0.1) is 0 Å². The maximum absolute atomic E-state index is 11.1. The van der Waals surface area contributed by atoms with E-state index in [1.54, 1.807) is 7.05 Å². The van der Waals surface area contributed by atoms with E-state index in [1.165, 1.54) is 4.90 Å². The van der Waals surface area contributed by atoms with E-state index in [-0.39, 0.29) is 12.5 Å². The third kappa shape index (κ3) is 1.59. The predicted molar refractivity (Wildman–Crippen MR) is 55.1 cm³/mol. The Morgan fingerprint density at radius 3 is 2.64 bits per heavy atom. The van der Waals surface area contributed by atoms with E-state index in [1.807, 2.05) is 30.3 Å². The summed E-state index contributed by atoms with van der Waals surface area (Å²) in [5.74, 6) is 0.629. The molecule has 0 spiro atoms. The molecule has 72 valence electrons. The molecule has 1 N–H and O–H groups in total.